The van der Waals surface area contributed by atoms with E-state index >= 15 is 0 Å². The molecule has 0 aliphatic heterocycles. The van der Waals surface area contributed by atoms with E-state index in [1.165, 1.54) is 12.8 Å². The molecule has 2 unspecified atom stereocenters. The van der Waals surface area contributed by atoms with Crippen LogP contribution in [0.4, 0.5) is 8.78 Å². The Morgan fingerprint density at radius 3 is 2.62 bits per heavy atom. The van der Waals surface area contributed by atoms with Crippen molar-refractivity contribution in [2.75, 3.05) is 0 Å². The van der Waals surface area contributed by atoms with E-state index < -0.39 is 5.92 Å². The quantitative estimate of drug-likeness (QED) is 0.621. The zero-order valence-corrected chi connectivity index (χ0v) is 8.65. The van der Waals surface area contributed by atoms with Gasteiger partial charge in [0.05, 0.1) is 0 Å². The van der Waals surface area contributed by atoms with Crippen LogP contribution in [0.1, 0.15) is 52.4 Å². The summed E-state index contributed by atoms with van der Waals surface area (Å²) in [6, 6.07) is 0. The highest BCUT2D eigenvalue weighted by atomic mass is 19.3. The number of alkyl halides is 2. The van der Waals surface area contributed by atoms with Crippen molar-refractivity contribution in [3.63, 3.8) is 0 Å². The summed E-state index contributed by atoms with van der Waals surface area (Å²) in [5.74, 6) is -1.43. The largest absolute Gasteiger partial charge is 0.248 e. The molecule has 0 aromatic heterocycles. The van der Waals surface area contributed by atoms with Crippen LogP contribution in [0.5, 0.6) is 0 Å². The second-order valence-electron chi connectivity index (χ2n) is 4.59. The molecule has 0 nitrogen and oxygen atoms in total. The molecule has 1 aliphatic carbocycles. The third kappa shape index (κ3) is 3.61. The van der Waals surface area contributed by atoms with Gasteiger partial charge < -0.3 is 0 Å². The number of hydrogen-bond acceptors (Lipinski definition) is 0. The lowest BCUT2D eigenvalue weighted by Crippen LogP contribution is -2.11. The van der Waals surface area contributed by atoms with Gasteiger partial charge >= 0.3 is 0 Å². The minimum Gasteiger partial charge on any atom is -0.207 e. The average Bonchev–Trinajstić information content (AvgIpc) is 2.30. The first-order valence-corrected chi connectivity index (χ1v) is 5.41. The van der Waals surface area contributed by atoms with Gasteiger partial charge in [-0.2, -0.15) is 0 Å². The summed E-state index contributed by atoms with van der Waals surface area (Å²) in [4.78, 5) is 0. The monoisotopic (exact) mass is 190 g/mol. The maximum atomic E-state index is 12.8. The molecule has 0 saturated heterocycles. The van der Waals surface area contributed by atoms with E-state index in [1.54, 1.807) is 0 Å². The van der Waals surface area contributed by atoms with Gasteiger partial charge in [-0.3, -0.25) is 0 Å². The molecule has 0 spiro atoms. The SMILES string of the molecule is CCCC(C)CC1CCC(F)(F)C1. The number of hydrogen-bond donors (Lipinski definition) is 0. The molecule has 0 bridgehead atoms. The van der Waals surface area contributed by atoms with Crippen LogP contribution in [-0.2, 0) is 0 Å². The molecule has 13 heavy (non-hydrogen) atoms. The summed E-state index contributed by atoms with van der Waals surface area (Å²) < 4.78 is 25.7. The van der Waals surface area contributed by atoms with E-state index in [-0.39, 0.29) is 18.8 Å². The third-order valence-corrected chi connectivity index (χ3v) is 3.02. The highest BCUT2D eigenvalue weighted by molar-refractivity contribution is 4.82. The average molecular weight is 190 g/mol. The molecule has 0 aromatic rings. The first kappa shape index (κ1) is 10.9. The van der Waals surface area contributed by atoms with E-state index in [0.717, 1.165) is 12.8 Å². The van der Waals surface area contributed by atoms with Crippen molar-refractivity contribution in [1.82, 2.24) is 0 Å². The summed E-state index contributed by atoms with van der Waals surface area (Å²) in [6.07, 6.45) is 4.36. The molecule has 1 saturated carbocycles. The van der Waals surface area contributed by atoms with Crippen LogP contribution in [0.3, 0.4) is 0 Å². The maximum Gasteiger partial charge on any atom is 0.248 e. The van der Waals surface area contributed by atoms with Crippen LogP contribution in [0, 0.1) is 11.8 Å². The van der Waals surface area contributed by atoms with Crippen molar-refractivity contribution in [2.24, 2.45) is 11.8 Å². The summed E-state index contributed by atoms with van der Waals surface area (Å²) in [5.41, 5.74) is 0. The second kappa shape index (κ2) is 4.39. The molecule has 0 aromatic carbocycles. The van der Waals surface area contributed by atoms with Crippen LogP contribution >= 0.6 is 0 Å². The molecule has 2 atom stereocenters. The molecule has 1 rings (SSSR count). The van der Waals surface area contributed by atoms with Crippen LogP contribution in [0.15, 0.2) is 0 Å². The molecule has 1 fully saturated rings. The Labute approximate surface area is 79.7 Å². The van der Waals surface area contributed by atoms with Crippen LogP contribution in [0.2, 0.25) is 0 Å². The third-order valence-electron chi connectivity index (χ3n) is 3.02. The maximum absolute atomic E-state index is 12.8. The molecule has 0 heterocycles. The Morgan fingerprint density at radius 1 is 1.46 bits per heavy atom. The van der Waals surface area contributed by atoms with E-state index in [2.05, 4.69) is 13.8 Å². The van der Waals surface area contributed by atoms with Crippen molar-refractivity contribution in [1.29, 1.82) is 0 Å². The lowest BCUT2D eigenvalue weighted by molar-refractivity contribution is 0.00411. The van der Waals surface area contributed by atoms with E-state index in [9.17, 15) is 8.78 Å². The zero-order chi connectivity index (χ0) is 9.90. The van der Waals surface area contributed by atoms with Crippen LogP contribution < -0.4 is 0 Å². The fourth-order valence-corrected chi connectivity index (χ4v) is 2.42. The molecule has 0 amide bonds. The Kier molecular flexibility index (Phi) is 3.69. The molecule has 1 aliphatic rings. The normalized spacial score (nSPS) is 29.1. The van der Waals surface area contributed by atoms with Gasteiger partial charge in [0.2, 0.25) is 5.92 Å². The predicted molar refractivity (Wildman–Crippen MR) is 51.0 cm³/mol. The molecule has 0 N–H and O–H groups in total. The predicted octanol–water partition coefficient (Wildman–Crippen LogP) is 4.25. The summed E-state index contributed by atoms with van der Waals surface area (Å²) in [6.45, 7) is 4.33. The van der Waals surface area contributed by atoms with Gasteiger partial charge in [0.25, 0.3) is 0 Å². The van der Waals surface area contributed by atoms with Gasteiger partial charge in [-0.1, -0.05) is 26.7 Å². The first-order valence-electron chi connectivity index (χ1n) is 5.41. The van der Waals surface area contributed by atoms with Gasteiger partial charge in [0.1, 0.15) is 0 Å². The van der Waals surface area contributed by atoms with E-state index in [4.69, 9.17) is 0 Å². The topological polar surface area (TPSA) is 0 Å². The minimum atomic E-state index is -2.35. The Hall–Kier alpha value is -0.140. The molecule has 0 radical (unpaired) electrons. The fourth-order valence-electron chi connectivity index (χ4n) is 2.42. The molecule has 78 valence electrons. The smallest absolute Gasteiger partial charge is 0.207 e. The second-order valence-corrected chi connectivity index (χ2v) is 4.59. The van der Waals surface area contributed by atoms with Crippen molar-refractivity contribution in [2.45, 2.75) is 58.3 Å². The van der Waals surface area contributed by atoms with Crippen LogP contribution in [-0.4, -0.2) is 5.92 Å². The summed E-state index contributed by atoms with van der Waals surface area (Å²) in [7, 11) is 0. The number of halogens is 2. The van der Waals surface area contributed by atoms with Crippen molar-refractivity contribution >= 4 is 0 Å². The van der Waals surface area contributed by atoms with E-state index in [1.807, 2.05) is 0 Å². The summed E-state index contributed by atoms with van der Waals surface area (Å²) >= 11 is 0. The summed E-state index contributed by atoms with van der Waals surface area (Å²) in [5, 5.41) is 0. The Morgan fingerprint density at radius 2 is 2.15 bits per heavy atom. The lowest BCUT2D eigenvalue weighted by atomic mass is 9.91. The van der Waals surface area contributed by atoms with Crippen molar-refractivity contribution in [3.05, 3.63) is 0 Å². The van der Waals surface area contributed by atoms with Gasteiger partial charge in [-0.25, -0.2) is 8.78 Å². The number of rotatable bonds is 4. The van der Waals surface area contributed by atoms with Crippen molar-refractivity contribution in [3.8, 4) is 0 Å². The minimum absolute atomic E-state index is 0.122. The Balaban J connectivity index is 2.24. The lowest BCUT2D eigenvalue weighted by Gasteiger charge is -2.15. The van der Waals surface area contributed by atoms with E-state index in [0.29, 0.717) is 5.92 Å². The Bertz CT molecular complexity index is 154. The van der Waals surface area contributed by atoms with Gasteiger partial charge in [-0.15, -0.1) is 0 Å². The highest BCUT2D eigenvalue weighted by Crippen LogP contribution is 2.41. The molecular weight excluding hydrogens is 170 g/mol. The molecule has 2 heteroatoms. The van der Waals surface area contributed by atoms with Gasteiger partial charge in [0, 0.05) is 12.8 Å². The van der Waals surface area contributed by atoms with Crippen molar-refractivity contribution < 1.29 is 8.78 Å². The van der Waals surface area contributed by atoms with Gasteiger partial charge in [0.15, 0.2) is 0 Å². The highest BCUT2D eigenvalue weighted by Gasteiger charge is 2.39. The molecular formula is C11H20F2. The zero-order valence-electron chi connectivity index (χ0n) is 8.65. The van der Waals surface area contributed by atoms with Crippen LogP contribution in [0.25, 0.3) is 0 Å². The van der Waals surface area contributed by atoms with Gasteiger partial charge in [-0.05, 0) is 24.7 Å². The fraction of sp³-hybridized carbons (Fsp3) is 1.00. The first-order chi connectivity index (χ1) is 6.03. The standard InChI is InChI=1S/C11H20F2/c1-3-4-9(2)7-10-5-6-11(12,13)8-10/h9-10H,3-8H2,1-2H3.